The second-order valence-corrected chi connectivity index (χ2v) is 6.73. The number of aliphatic carboxylic acids is 1. The summed E-state index contributed by atoms with van der Waals surface area (Å²) in [5, 5.41) is 9.05. The molecule has 1 aromatic heterocycles. The second kappa shape index (κ2) is 6.69. The molecule has 1 fully saturated rings. The zero-order valence-corrected chi connectivity index (χ0v) is 14.0. The molecule has 110 valence electrons. The number of halogens is 1. The van der Waals surface area contributed by atoms with Crippen LogP contribution in [0.25, 0.3) is 0 Å². The third-order valence-electron chi connectivity index (χ3n) is 3.59. The van der Waals surface area contributed by atoms with Gasteiger partial charge in [-0.15, -0.1) is 0 Å². The molecule has 0 bridgehead atoms. The standard InChI is InChI=1S/C14H20IN3O2/c1-9(2)7-11-12(15)13(17-8-16-11)18-5-3-10(4-6-18)14(19)20/h8-10H,3-7H2,1-2H3,(H,19,20). The number of aromatic nitrogens is 2. The summed E-state index contributed by atoms with van der Waals surface area (Å²) in [5.41, 5.74) is 1.09. The van der Waals surface area contributed by atoms with E-state index in [0.717, 1.165) is 34.6 Å². The van der Waals surface area contributed by atoms with Crippen molar-refractivity contribution in [2.45, 2.75) is 33.1 Å². The van der Waals surface area contributed by atoms with Crippen molar-refractivity contribution >= 4 is 34.4 Å². The Morgan fingerprint density at radius 3 is 2.65 bits per heavy atom. The van der Waals surface area contributed by atoms with Gasteiger partial charge in [0.05, 0.1) is 15.2 Å². The predicted octanol–water partition coefficient (Wildman–Crippen LogP) is 2.58. The van der Waals surface area contributed by atoms with Gasteiger partial charge in [0.1, 0.15) is 12.1 Å². The zero-order chi connectivity index (χ0) is 14.7. The summed E-state index contributed by atoms with van der Waals surface area (Å²) in [7, 11) is 0. The molecular formula is C14H20IN3O2. The lowest BCUT2D eigenvalue weighted by Gasteiger charge is -2.31. The van der Waals surface area contributed by atoms with Gasteiger partial charge in [0, 0.05) is 13.1 Å². The van der Waals surface area contributed by atoms with Gasteiger partial charge in [-0.05, 0) is 47.8 Å². The Balaban J connectivity index is 2.12. The number of rotatable bonds is 4. The Morgan fingerprint density at radius 2 is 2.10 bits per heavy atom. The lowest BCUT2D eigenvalue weighted by molar-refractivity contribution is -0.142. The lowest BCUT2D eigenvalue weighted by atomic mass is 9.97. The predicted molar refractivity (Wildman–Crippen MR) is 85.9 cm³/mol. The molecule has 1 aromatic rings. The van der Waals surface area contributed by atoms with Crippen molar-refractivity contribution in [3.63, 3.8) is 0 Å². The van der Waals surface area contributed by atoms with Crippen molar-refractivity contribution in [3.05, 3.63) is 15.6 Å². The van der Waals surface area contributed by atoms with Gasteiger partial charge < -0.3 is 10.0 Å². The van der Waals surface area contributed by atoms with E-state index >= 15 is 0 Å². The number of carboxylic acid groups (broad SMARTS) is 1. The van der Waals surface area contributed by atoms with Crippen LogP contribution >= 0.6 is 22.6 Å². The number of carboxylic acids is 1. The van der Waals surface area contributed by atoms with Crippen molar-refractivity contribution in [3.8, 4) is 0 Å². The Kier molecular flexibility index (Phi) is 5.17. The minimum atomic E-state index is -0.678. The van der Waals surface area contributed by atoms with E-state index < -0.39 is 5.97 Å². The van der Waals surface area contributed by atoms with E-state index in [1.54, 1.807) is 6.33 Å². The van der Waals surface area contributed by atoms with Gasteiger partial charge in [-0.2, -0.15) is 0 Å². The van der Waals surface area contributed by atoms with Crippen LogP contribution in [0.2, 0.25) is 0 Å². The Hall–Kier alpha value is -0.920. The van der Waals surface area contributed by atoms with Crippen LogP contribution in [0.5, 0.6) is 0 Å². The van der Waals surface area contributed by atoms with E-state index in [1.165, 1.54) is 0 Å². The Labute approximate surface area is 132 Å². The fourth-order valence-electron chi connectivity index (χ4n) is 2.48. The molecule has 0 atom stereocenters. The van der Waals surface area contributed by atoms with Gasteiger partial charge >= 0.3 is 5.97 Å². The number of anilines is 1. The summed E-state index contributed by atoms with van der Waals surface area (Å²) < 4.78 is 1.10. The van der Waals surface area contributed by atoms with E-state index in [1.807, 2.05) is 0 Å². The smallest absolute Gasteiger partial charge is 0.306 e. The maximum atomic E-state index is 11.0. The molecule has 2 heterocycles. The number of hydrogen-bond acceptors (Lipinski definition) is 4. The van der Waals surface area contributed by atoms with Gasteiger partial charge in [-0.3, -0.25) is 4.79 Å². The SMILES string of the molecule is CC(C)Cc1ncnc(N2CCC(C(=O)O)CC2)c1I. The first kappa shape index (κ1) is 15.5. The normalized spacial score (nSPS) is 16.7. The van der Waals surface area contributed by atoms with Crippen LogP contribution in [0.3, 0.4) is 0 Å². The second-order valence-electron chi connectivity index (χ2n) is 5.66. The average molecular weight is 389 g/mol. The third kappa shape index (κ3) is 3.59. The minimum Gasteiger partial charge on any atom is -0.481 e. The van der Waals surface area contributed by atoms with E-state index in [9.17, 15) is 4.79 Å². The molecular weight excluding hydrogens is 369 g/mol. The highest BCUT2D eigenvalue weighted by Crippen LogP contribution is 2.27. The molecule has 1 saturated heterocycles. The molecule has 0 aliphatic carbocycles. The fourth-order valence-corrected chi connectivity index (χ4v) is 3.32. The number of hydrogen-bond donors (Lipinski definition) is 1. The highest BCUT2D eigenvalue weighted by Gasteiger charge is 2.26. The molecule has 20 heavy (non-hydrogen) atoms. The van der Waals surface area contributed by atoms with E-state index in [-0.39, 0.29) is 5.92 Å². The molecule has 0 amide bonds. The Morgan fingerprint density at radius 1 is 1.45 bits per heavy atom. The first-order chi connectivity index (χ1) is 9.49. The number of carbonyl (C=O) groups is 1. The summed E-state index contributed by atoms with van der Waals surface area (Å²) in [6.45, 7) is 5.86. The maximum Gasteiger partial charge on any atom is 0.306 e. The minimum absolute atomic E-state index is 0.208. The van der Waals surface area contributed by atoms with Crippen LogP contribution in [0.1, 0.15) is 32.4 Å². The van der Waals surface area contributed by atoms with E-state index in [0.29, 0.717) is 18.8 Å². The number of piperidine rings is 1. The van der Waals surface area contributed by atoms with Crippen LogP contribution in [0.15, 0.2) is 6.33 Å². The largest absolute Gasteiger partial charge is 0.481 e. The van der Waals surface area contributed by atoms with Gasteiger partial charge in [0.15, 0.2) is 0 Å². The molecule has 1 aliphatic rings. The monoisotopic (exact) mass is 389 g/mol. The van der Waals surface area contributed by atoms with Crippen molar-refractivity contribution in [2.24, 2.45) is 11.8 Å². The summed E-state index contributed by atoms with van der Waals surface area (Å²) in [5.74, 6) is 0.632. The molecule has 1 N–H and O–H groups in total. The fraction of sp³-hybridized carbons (Fsp3) is 0.643. The third-order valence-corrected chi connectivity index (χ3v) is 4.69. The van der Waals surface area contributed by atoms with Crippen molar-refractivity contribution in [1.29, 1.82) is 0 Å². The molecule has 0 radical (unpaired) electrons. The first-order valence-electron chi connectivity index (χ1n) is 6.96. The molecule has 6 heteroatoms. The molecule has 1 aliphatic heterocycles. The van der Waals surface area contributed by atoms with E-state index in [2.05, 4.69) is 51.3 Å². The summed E-state index contributed by atoms with van der Waals surface area (Å²) in [4.78, 5) is 22.0. The van der Waals surface area contributed by atoms with Crippen molar-refractivity contribution in [1.82, 2.24) is 9.97 Å². The summed E-state index contributed by atoms with van der Waals surface area (Å²) >= 11 is 2.31. The van der Waals surface area contributed by atoms with Crippen LogP contribution in [0, 0.1) is 15.4 Å². The Bertz CT molecular complexity index is 485. The van der Waals surface area contributed by atoms with Gasteiger partial charge in [-0.25, -0.2) is 9.97 Å². The quantitative estimate of drug-likeness (QED) is 0.802. The zero-order valence-electron chi connectivity index (χ0n) is 11.8. The van der Waals surface area contributed by atoms with Gasteiger partial charge in [0.2, 0.25) is 0 Å². The average Bonchev–Trinajstić information content (AvgIpc) is 2.41. The van der Waals surface area contributed by atoms with Crippen LogP contribution in [-0.4, -0.2) is 34.1 Å². The molecule has 0 unspecified atom stereocenters. The highest BCUT2D eigenvalue weighted by atomic mass is 127. The molecule has 0 spiro atoms. The molecule has 2 rings (SSSR count). The highest BCUT2D eigenvalue weighted by molar-refractivity contribution is 14.1. The summed E-state index contributed by atoms with van der Waals surface area (Å²) in [6, 6.07) is 0. The number of nitrogens with zero attached hydrogens (tertiary/aromatic N) is 3. The van der Waals surface area contributed by atoms with Crippen molar-refractivity contribution in [2.75, 3.05) is 18.0 Å². The van der Waals surface area contributed by atoms with Gasteiger partial charge in [-0.1, -0.05) is 13.8 Å². The molecule has 0 aromatic carbocycles. The van der Waals surface area contributed by atoms with Gasteiger partial charge in [0.25, 0.3) is 0 Å². The molecule has 5 nitrogen and oxygen atoms in total. The van der Waals surface area contributed by atoms with Crippen molar-refractivity contribution < 1.29 is 9.90 Å². The van der Waals surface area contributed by atoms with E-state index in [4.69, 9.17) is 5.11 Å². The van der Waals surface area contributed by atoms with Crippen LogP contribution in [0.4, 0.5) is 5.82 Å². The summed E-state index contributed by atoms with van der Waals surface area (Å²) in [6.07, 6.45) is 3.95. The lowest BCUT2D eigenvalue weighted by Crippen LogP contribution is -2.37. The van der Waals surface area contributed by atoms with Crippen LogP contribution in [-0.2, 0) is 11.2 Å². The molecule has 0 saturated carbocycles. The maximum absolute atomic E-state index is 11.0. The first-order valence-corrected chi connectivity index (χ1v) is 8.04. The topological polar surface area (TPSA) is 66.3 Å². The van der Waals surface area contributed by atoms with Crippen LogP contribution < -0.4 is 4.90 Å².